The Bertz CT molecular complexity index is 974. The number of aryl methyl sites for hydroxylation is 2. The molecule has 0 amide bonds. The van der Waals surface area contributed by atoms with Crippen molar-refractivity contribution in [1.82, 2.24) is 19.7 Å². The molecule has 2 N–H and O–H groups in total. The zero-order chi connectivity index (χ0) is 18.7. The predicted octanol–water partition coefficient (Wildman–Crippen LogP) is 3.11. The van der Waals surface area contributed by atoms with Crippen LogP contribution in [0.4, 0.5) is 5.69 Å². The zero-order valence-corrected chi connectivity index (χ0v) is 15.7. The molecule has 7 heteroatoms. The van der Waals surface area contributed by atoms with Gasteiger partial charge in [-0.15, -0.1) is 0 Å². The Kier molecular flexibility index (Phi) is 5.25. The summed E-state index contributed by atoms with van der Waals surface area (Å²) in [6.45, 7) is 7.39. The van der Waals surface area contributed by atoms with Crippen LogP contribution in [0.5, 0.6) is 5.75 Å². The minimum atomic E-state index is -0.196. The van der Waals surface area contributed by atoms with Crippen molar-refractivity contribution in [1.29, 1.82) is 0 Å². The molecular weight excluding hydrogens is 330 g/mol. The van der Waals surface area contributed by atoms with Crippen LogP contribution in [-0.2, 0) is 13.5 Å². The van der Waals surface area contributed by atoms with Gasteiger partial charge in [0.2, 0.25) is 0 Å². The summed E-state index contributed by atoms with van der Waals surface area (Å²) in [5.74, 6) is 1.19. The molecule has 1 aromatic carbocycles. The molecule has 0 saturated heterocycles. The van der Waals surface area contributed by atoms with Gasteiger partial charge in [-0.3, -0.25) is 9.48 Å². The van der Waals surface area contributed by atoms with E-state index in [1.807, 2.05) is 32.0 Å². The molecule has 0 aliphatic heterocycles. The average Bonchev–Trinajstić information content (AvgIpc) is 2.93. The van der Waals surface area contributed by atoms with Gasteiger partial charge in [-0.2, -0.15) is 5.10 Å². The average molecular weight is 355 g/mol. The van der Waals surface area contributed by atoms with Crippen LogP contribution in [0.15, 0.2) is 23.0 Å². The molecule has 0 atom stereocenters. The fraction of sp³-hybridized carbons (Fsp3) is 0.421. The summed E-state index contributed by atoms with van der Waals surface area (Å²) < 4.78 is 7.35. The van der Waals surface area contributed by atoms with E-state index in [4.69, 9.17) is 9.72 Å². The molecular formula is C19H25N5O2. The van der Waals surface area contributed by atoms with Gasteiger partial charge >= 0.3 is 0 Å². The first-order chi connectivity index (χ1) is 12.6. The molecule has 138 valence electrons. The first kappa shape index (κ1) is 18.0. The largest absolute Gasteiger partial charge is 0.493 e. The number of nitrogens with zero attached hydrogens (tertiary/aromatic N) is 3. The monoisotopic (exact) mass is 355 g/mol. The first-order valence-electron chi connectivity index (χ1n) is 9.06. The van der Waals surface area contributed by atoms with E-state index in [9.17, 15) is 4.79 Å². The molecule has 2 aromatic heterocycles. The number of aromatic amines is 1. The maximum Gasteiger partial charge on any atom is 0.277 e. The second-order valence-corrected chi connectivity index (χ2v) is 6.11. The van der Waals surface area contributed by atoms with Crippen molar-refractivity contribution in [2.45, 2.75) is 33.6 Å². The number of nitrogens with one attached hydrogen (secondary N) is 2. The number of anilines is 1. The number of hydrogen-bond acceptors (Lipinski definition) is 5. The van der Waals surface area contributed by atoms with Crippen LogP contribution in [0.1, 0.15) is 32.9 Å². The smallest absolute Gasteiger partial charge is 0.277 e. The fourth-order valence-corrected chi connectivity index (χ4v) is 3.09. The maximum absolute atomic E-state index is 12.7. The van der Waals surface area contributed by atoms with E-state index in [1.165, 1.54) is 0 Å². The van der Waals surface area contributed by atoms with Gasteiger partial charge in [0.05, 0.1) is 17.9 Å². The molecule has 7 nitrogen and oxygen atoms in total. The fourth-order valence-electron chi connectivity index (χ4n) is 3.09. The molecule has 0 aliphatic carbocycles. The molecule has 0 spiro atoms. The van der Waals surface area contributed by atoms with Crippen molar-refractivity contribution in [3.8, 4) is 17.1 Å². The Balaban J connectivity index is 2.22. The highest BCUT2D eigenvalue weighted by Crippen LogP contribution is 2.31. The minimum absolute atomic E-state index is 0.196. The molecule has 0 unspecified atom stereocenters. The number of aromatic nitrogens is 4. The third-order valence-corrected chi connectivity index (χ3v) is 4.16. The highest BCUT2D eigenvalue weighted by molar-refractivity contribution is 5.80. The number of rotatable bonds is 7. The lowest BCUT2D eigenvalue weighted by atomic mass is 10.1. The first-order valence-corrected chi connectivity index (χ1v) is 9.06. The minimum Gasteiger partial charge on any atom is -0.493 e. The van der Waals surface area contributed by atoms with Crippen LogP contribution >= 0.6 is 0 Å². The summed E-state index contributed by atoms with van der Waals surface area (Å²) >= 11 is 0. The number of ether oxygens (including phenoxy) is 1. The molecule has 0 radical (unpaired) electrons. The highest BCUT2D eigenvalue weighted by Gasteiger charge is 2.17. The highest BCUT2D eigenvalue weighted by atomic mass is 16.5. The van der Waals surface area contributed by atoms with Gasteiger partial charge in [0.15, 0.2) is 5.52 Å². The molecule has 26 heavy (non-hydrogen) atoms. The van der Waals surface area contributed by atoms with Gasteiger partial charge in [-0.1, -0.05) is 13.3 Å². The number of hydrogen-bond donors (Lipinski definition) is 2. The molecule has 0 bridgehead atoms. The summed E-state index contributed by atoms with van der Waals surface area (Å²) in [7, 11) is 1.77. The molecule has 0 saturated carbocycles. The Morgan fingerprint density at radius 2 is 2.08 bits per heavy atom. The Hall–Kier alpha value is -2.83. The third-order valence-electron chi connectivity index (χ3n) is 4.16. The second-order valence-electron chi connectivity index (χ2n) is 6.11. The summed E-state index contributed by atoms with van der Waals surface area (Å²) in [6.07, 6.45) is 1.72. The molecule has 0 aliphatic rings. The standard InChI is InChI=1S/C19H25N5O2/c1-5-8-14-16-17(24(4)23-14)19(25)22-18(21-16)13-11-12(20-6-2)9-10-15(13)26-7-3/h9-11,20H,5-8H2,1-4H3,(H,21,22,25). The zero-order valence-electron chi connectivity index (χ0n) is 15.7. The predicted molar refractivity (Wildman–Crippen MR) is 104 cm³/mol. The van der Waals surface area contributed by atoms with Crippen LogP contribution in [0.3, 0.4) is 0 Å². The van der Waals surface area contributed by atoms with E-state index >= 15 is 0 Å². The molecule has 2 heterocycles. The van der Waals surface area contributed by atoms with E-state index in [0.717, 1.165) is 36.3 Å². The topological polar surface area (TPSA) is 84.8 Å². The lowest BCUT2D eigenvalue weighted by Gasteiger charge is -2.12. The van der Waals surface area contributed by atoms with Crippen molar-refractivity contribution < 1.29 is 4.74 Å². The summed E-state index contributed by atoms with van der Waals surface area (Å²) in [6, 6.07) is 5.81. The SMILES string of the molecule is CCCc1nn(C)c2c(=O)[nH]c(-c3cc(NCC)ccc3OCC)nc12. The molecule has 3 rings (SSSR count). The maximum atomic E-state index is 12.7. The van der Waals surface area contributed by atoms with Crippen LogP contribution in [0.2, 0.25) is 0 Å². The summed E-state index contributed by atoms with van der Waals surface area (Å²) in [5.41, 5.74) is 3.52. The normalized spacial score (nSPS) is 11.1. The lowest BCUT2D eigenvalue weighted by Crippen LogP contribution is -2.13. The van der Waals surface area contributed by atoms with E-state index in [2.05, 4.69) is 22.3 Å². The van der Waals surface area contributed by atoms with E-state index < -0.39 is 0 Å². The summed E-state index contributed by atoms with van der Waals surface area (Å²) in [4.78, 5) is 20.3. The van der Waals surface area contributed by atoms with Crippen molar-refractivity contribution in [2.75, 3.05) is 18.5 Å². The van der Waals surface area contributed by atoms with Gasteiger partial charge in [0.1, 0.15) is 17.1 Å². The number of benzene rings is 1. The number of fused-ring (bicyclic) bond motifs is 1. The third kappa shape index (κ3) is 3.29. The van der Waals surface area contributed by atoms with Crippen LogP contribution in [-0.4, -0.2) is 32.9 Å². The number of H-pyrrole nitrogens is 1. The van der Waals surface area contributed by atoms with Gasteiger partial charge in [-0.05, 0) is 38.5 Å². The van der Waals surface area contributed by atoms with E-state index in [0.29, 0.717) is 29.2 Å². The van der Waals surface area contributed by atoms with Crippen LogP contribution < -0.4 is 15.6 Å². The molecule has 0 fully saturated rings. The van der Waals surface area contributed by atoms with E-state index in [-0.39, 0.29) is 5.56 Å². The van der Waals surface area contributed by atoms with Crippen molar-refractivity contribution in [3.63, 3.8) is 0 Å². The van der Waals surface area contributed by atoms with Gasteiger partial charge in [0, 0.05) is 19.3 Å². The summed E-state index contributed by atoms with van der Waals surface area (Å²) in [5, 5.41) is 7.75. The van der Waals surface area contributed by atoms with Crippen LogP contribution in [0.25, 0.3) is 22.4 Å². The van der Waals surface area contributed by atoms with Gasteiger partial charge < -0.3 is 15.0 Å². The van der Waals surface area contributed by atoms with Gasteiger partial charge in [0.25, 0.3) is 5.56 Å². The molecule has 3 aromatic rings. The Morgan fingerprint density at radius 3 is 2.77 bits per heavy atom. The van der Waals surface area contributed by atoms with Crippen molar-refractivity contribution >= 4 is 16.7 Å². The Labute approximate surface area is 152 Å². The van der Waals surface area contributed by atoms with Crippen LogP contribution in [0, 0.1) is 0 Å². The quantitative estimate of drug-likeness (QED) is 0.680. The second kappa shape index (κ2) is 7.59. The van der Waals surface area contributed by atoms with Crippen molar-refractivity contribution in [3.05, 3.63) is 34.2 Å². The Morgan fingerprint density at radius 1 is 1.27 bits per heavy atom. The van der Waals surface area contributed by atoms with E-state index in [1.54, 1.807) is 11.7 Å². The van der Waals surface area contributed by atoms with Crippen molar-refractivity contribution in [2.24, 2.45) is 7.05 Å². The lowest BCUT2D eigenvalue weighted by molar-refractivity contribution is 0.341. The van der Waals surface area contributed by atoms with Gasteiger partial charge in [-0.25, -0.2) is 4.98 Å².